The average Bonchev–Trinajstić information content (AvgIpc) is 3.55. The summed E-state index contributed by atoms with van der Waals surface area (Å²) in [4.78, 5) is -0.412. The molecule has 3 aromatic rings. The molecule has 4 rings (SSSR count). The van der Waals surface area contributed by atoms with Crippen molar-refractivity contribution in [2.24, 2.45) is 5.92 Å². The first kappa shape index (κ1) is 27.6. The van der Waals surface area contributed by atoms with Crippen LogP contribution in [0.2, 0.25) is 0 Å². The van der Waals surface area contributed by atoms with Crippen molar-refractivity contribution in [3.8, 4) is 17.0 Å². The van der Waals surface area contributed by atoms with Crippen LogP contribution in [0.5, 0.6) is 5.75 Å². The van der Waals surface area contributed by atoms with Crippen molar-refractivity contribution in [2.45, 2.75) is 56.3 Å². The van der Waals surface area contributed by atoms with Gasteiger partial charge in [0, 0.05) is 15.6 Å². The third-order valence-electron chi connectivity index (χ3n) is 6.11. The molecule has 6 nitrogen and oxygen atoms in total. The van der Waals surface area contributed by atoms with Gasteiger partial charge in [0.05, 0.1) is 36.1 Å². The highest BCUT2D eigenvalue weighted by molar-refractivity contribution is 9.10. The van der Waals surface area contributed by atoms with E-state index in [1.807, 2.05) is 20.8 Å². The van der Waals surface area contributed by atoms with Crippen LogP contribution in [0.25, 0.3) is 11.3 Å². The first-order chi connectivity index (χ1) is 17.1. The van der Waals surface area contributed by atoms with Crippen LogP contribution in [0.1, 0.15) is 50.8 Å². The summed E-state index contributed by atoms with van der Waals surface area (Å²) in [6.45, 7) is 5.76. The van der Waals surface area contributed by atoms with Crippen molar-refractivity contribution >= 4 is 26.0 Å². The summed E-state index contributed by atoms with van der Waals surface area (Å²) in [5, 5.41) is 4.53. The number of nitrogens with zero attached hydrogens (tertiary/aromatic N) is 2. The summed E-state index contributed by atoms with van der Waals surface area (Å²) >= 11 is 3.47. The third kappa shape index (κ3) is 5.70. The zero-order valence-electron chi connectivity index (χ0n) is 20.5. The molecule has 1 aliphatic carbocycles. The summed E-state index contributed by atoms with van der Waals surface area (Å²) < 4.78 is 90.9. The summed E-state index contributed by atoms with van der Waals surface area (Å²) in [6, 6.07) is 5.73. The van der Waals surface area contributed by atoms with Gasteiger partial charge in [0.25, 0.3) is 0 Å². The van der Waals surface area contributed by atoms with Gasteiger partial charge >= 0.3 is 6.18 Å². The summed E-state index contributed by atoms with van der Waals surface area (Å²) in [6.07, 6.45) is -1.62. The molecule has 2 aromatic carbocycles. The van der Waals surface area contributed by atoms with E-state index in [1.54, 1.807) is 16.9 Å². The lowest BCUT2D eigenvalue weighted by molar-refractivity contribution is -0.137. The second kappa shape index (κ2) is 9.70. The topological polar surface area (TPSA) is 73.2 Å². The van der Waals surface area contributed by atoms with E-state index in [2.05, 4.69) is 25.8 Å². The second-order valence-corrected chi connectivity index (χ2v) is 12.5. The molecule has 0 spiro atoms. The zero-order valence-corrected chi connectivity index (χ0v) is 22.9. The van der Waals surface area contributed by atoms with Crippen molar-refractivity contribution in [2.75, 3.05) is 7.11 Å². The molecule has 0 saturated heterocycles. The van der Waals surface area contributed by atoms with Crippen LogP contribution in [0.15, 0.2) is 52.0 Å². The minimum absolute atomic E-state index is 0.0704. The van der Waals surface area contributed by atoms with E-state index < -0.39 is 49.8 Å². The molecule has 0 radical (unpaired) electrons. The van der Waals surface area contributed by atoms with Crippen LogP contribution in [0, 0.1) is 11.7 Å². The molecule has 37 heavy (non-hydrogen) atoms. The lowest BCUT2D eigenvalue weighted by atomic mass is 9.98. The minimum atomic E-state index is -4.66. The molecular weight excluding hydrogens is 578 g/mol. The fraction of sp³-hybridized carbons (Fsp3) is 0.400. The van der Waals surface area contributed by atoms with Crippen molar-refractivity contribution in [1.82, 2.24) is 14.5 Å². The summed E-state index contributed by atoms with van der Waals surface area (Å²) in [5.41, 5.74) is 0.0327. The maximum atomic E-state index is 14.3. The number of alkyl halides is 3. The Morgan fingerprint density at radius 1 is 1.14 bits per heavy atom. The maximum Gasteiger partial charge on any atom is 0.416 e. The number of ether oxygens (including phenoxy) is 1. The van der Waals surface area contributed by atoms with Crippen molar-refractivity contribution in [3.63, 3.8) is 0 Å². The molecule has 200 valence electrons. The predicted octanol–water partition coefficient (Wildman–Crippen LogP) is 6.66. The molecule has 1 N–H and O–H groups in total. The quantitative estimate of drug-likeness (QED) is 0.306. The number of hydrogen-bond acceptors (Lipinski definition) is 4. The second-order valence-electron chi connectivity index (χ2n) is 9.96. The smallest absolute Gasteiger partial charge is 0.416 e. The highest BCUT2D eigenvalue weighted by atomic mass is 79.9. The van der Waals surface area contributed by atoms with Crippen LogP contribution >= 0.6 is 15.9 Å². The van der Waals surface area contributed by atoms with E-state index in [-0.39, 0.29) is 5.92 Å². The van der Waals surface area contributed by atoms with Gasteiger partial charge in [0.2, 0.25) is 10.0 Å². The molecule has 0 bridgehead atoms. The van der Waals surface area contributed by atoms with E-state index in [1.165, 1.54) is 12.1 Å². The van der Waals surface area contributed by atoms with E-state index in [0.29, 0.717) is 33.4 Å². The lowest BCUT2D eigenvalue weighted by Crippen LogP contribution is -2.31. The molecule has 12 heteroatoms. The fourth-order valence-electron chi connectivity index (χ4n) is 4.19. The van der Waals surface area contributed by atoms with Gasteiger partial charge in [-0.2, -0.15) is 18.3 Å². The Hall–Kier alpha value is -2.44. The lowest BCUT2D eigenvalue weighted by Gasteiger charge is -2.26. The van der Waals surface area contributed by atoms with Crippen LogP contribution in [-0.2, 0) is 21.7 Å². The van der Waals surface area contributed by atoms with Gasteiger partial charge in [-0.25, -0.2) is 17.5 Å². The van der Waals surface area contributed by atoms with Gasteiger partial charge in [0.15, 0.2) is 0 Å². The Bertz CT molecular complexity index is 1430. The molecule has 1 atom stereocenters. The molecule has 0 aliphatic heterocycles. The van der Waals surface area contributed by atoms with Gasteiger partial charge in [-0.3, -0.25) is 4.68 Å². The number of nitrogens with one attached hydrogen (secondary N) is 1. The molecule has 1 fully saturated rings. The monoisotopic (exact) mass is 603 g/mol. The summed E-state index contributed by atoms with van der Waals surface area (Å²) in [7, 11) is -3.22. The summed E-state index contributed by atoms with van der Waals surface area (Å²) in [5.74, 6) is -0.960. The Labute approximate surface area is 221 Å². The first-order valence-corrected chi connectivity index (χ1v) is 13.7. The molecule has 0 unspecified atom stereocenters. The minimum Gasteiger partial charge on any atom is -0.495 e. The Kier molecular flexibility index (Phi) is 7.23. The number of halogens is 5. The van der Waals surface area contributed by atoms with Crippen LogP contribution in [-0.4, -0.2) is 25.3 Å². The molecule has 1 aromatic heterocycles. The van der Waals surface area contributed by atoms with E-state index in [0.717, 1.165) is 26.0 Å². The number of rotatable bonds is 7. The molecule has 1 saturated carbocycles. The third-order valence-corrected chi connectivity index (χ3v) is 8.28. The SMILES string of the molecule is COc1cc(C(F)(F)F)ccc1S(=O)(=O)N[C@@H](c1cnn(C(C)(C)C)c1-c1cc(F)ccc1Br)C1CC1. The first-order valence-electron chi connectivity index (χ1n) is 11.4. The van der Waals surface area contributed by atoms with Gasteiger partial charge in [-0.1, -0.05) is 15.9 Å². The van der Waals surface area contributed by atoms with Crippen LogP contribution in [0.3, 0.4) is 0 Å². The number of sulfonamides is 1. The molecular formula is C25H26BrF4N3O3S. The molecule has 1 heterocycles. The standard InChI is InChI=1S/C25H26BrF4N3O3S/c1-24(2,3)33-23(17-12-16(27)8-9-19(17)26)18(13-31-33)22(14-5-6-14)32-37(34,35)21-10-7-15(25(28,29)30)11-20(21)36-4/h7-14,22,32H,5-6H2,1-4H3/t22-/m1/s1. The molecule has 1 aliphatic rings. The number of hydrogen-bond donors (Lipinski definition) is 1. The van der Waals surface area contributed by atoms with E-state index in [9.17, 15) is 26.0 Å². The fourth-order valence-corrected chi connectivity index (χ4v) is 6.06. The predicted molar refractivity (Wildman–Crippen MR) is 134 cm³/mol. The van der Waals surface area contributed by atoms with Crippen molar-refractivity contribution in [3.05, 3.63) is 64.0 Å². The van der Waals surface area contributed by atoms with Gasteiger partial charge in [-0.05, 0) is 75.9 Å². The number of benzene rings is 2. The van der Waals surface area contributed by atoms with Gasteiger partial charge in [-0.15, -0.1) is 0 Å². The van der Waals surface area contributed by atoms with Crippen LogP contribution in [0.4, 0.5) is 17.6 Å². The zero-order chi connectivity index (χ0) is 27.3. The number of aromatic nitrogens is 2. The van der Waals surface area contributed by atoms with Gasteiger partial charge in [0.1, 0.15) is 16.5 Å². The highest BCUT2D eigenvalue weighted by Crippen LogP contribution is 2.47. The van der Waals surface area contributed by atoms with Gasteiger partial charge < -0.3 is 4.74 Å². The highest BCUT2D eigenvalue weighted by Gasteiger charge is 2.40. The van der Waals surface area contributed by atoms with Crippen molar-refractivity contribution < 1.29 is 30.7 Å². The average molecular weight is 604 g/mol. The number of methoxy groups -OCH3 is 1. The maximum absolute atomic E-state index is 14.3. The Morgan fingerprint density at radius 2 is 1.81 bits per heavy atom. The Morgan fingerprint density at radius 3 is 2.38 bits per heavy atom. The van der Waals surface area contributed by atoms with E-state index >= 15 is 0 Å². The normalized spacial score (nSPS) is 15.6. The van der Waals surface area contributed by atoms with Crippen molar-refractivity contribution in [1.29, 1.82) is 0 Å². The van der Waals surface area contributed by atoms with E-state index in [4.69, 9.17) is 4.74 Å². The molecule has 0 amide bonds. The Balaban J connectivity index is 1.83. The largest absolute Gasteiger partial charge is 0.495 e. The van der Waals surface area contributed by atoms with Crippen LogP contribution < -0.4 is 9.46 Å².